The summed E-state index contributed by atoms with van der Waals surface area (Å²) in [4.78, 5) is 26.1. The molecule has 262 valence electrons. The van der Waals surface area contributed by atoms with Gasteiger partial charge in [-0.2, -0.15) is 0 Å². The SMILES string of the molecule is c1ccc2nc(-c3ccc(N(c4ccc(-c5cnc6ccccc6n5)cc4)c4ccc5cc(-c6nccc7c6oc6ccccc67)ccc5c4)cc3)cnc2c1. The van der Waals surface area contributed by atoms with Crippen LogP contribution in [0.1, 0.15) is 0 Å². The van der Waals surface area contributed by atoms with E-state index in [0.717, 1.165) is 106 Å². The molecule has 11 rings (SSSR count). The highest BCUT2D eigenvalue weighted by Crippen LogP contribution is 2.40. The maximum absolute atomic E-state index is 6.33. The zero-order valence-electron chi connectivity index (χ0n) is 29.9. The van der Waals surface area contributed by atoms with Gasteiger partial charge in [0, 0.05) is 50.7 Å². The monoisotopic (exact) mass is 718 g/mol. The van der Waals surface area contributed by atoms with Gasteiger partial charge in [0.1, 0.15) is 11.3 Å². The summed E-state index contributed by atoms with van der Waals surface area (Å²) in [6, 6.07) is 56.1. The molecule has 56 heavy (non-hydrogen) atoms. The van der Waals surface area contributed by atoms with E-state index in [1.54, 1.807) is 0 Å². The number of benzene rings is 7. The maximum Gasteiger partial charge on any atom is 0.161 e. The summed E-state index contributed by atoms with van der Waals surface area (Å²) in [5.41, 5.74) is 13.7. The van der Waals surface area contributed by atoms with Gasteiger partial charge in [-0.25, -0.2) is 9.97 Å². The number of hydrogen-bond acceptors (Lipinski definition) is 7. The summed E-state index contributed by atoms with van der Waals surface area (Å²) in [5.74, 6) is 0. The molecule has 4 aromatic heterocycles. The summed E-state index contributed by atoms with van der Waals surface area (Å²) in [6.07, 6.45) is 5.54. The average Bonchev–Trinajstić information content (AvgIpc) is 3.66. The van der Waals surface area contributed by atoms with Gasteiger partial charge in [-0.05, 0) is 89.6 Å². The topological polar surface area (TPSA) is 80.8 Å². The second-order valence-corrected chi connectivity index (χ2v) is 13.8. The minimum Gasteiger partial charge on any atom is -0.454 e. The highest BCUT2D eigenvalue weighted by Gasteiger charge is 2.17. The van der Waals surface area contributed by atoms with Crippen molar-refractivity contribution in [2.24, 2.45) is 0 Å². The molecular formula is C49H30N6O. The van der Waals surface area contributed by atoms with Crippen molar-refractivity contribution in [3.63, 3.8) is 0 Å². The first-order valence-corrected chi connectivity index (χ1v) is 18.5. The van der Waals surface area contributed by atoms with Gasteiger partial charge in [-0.3, -0.25) is 15.0 Å². The lowest BCUT2D eigenvalue weighted by Crippen LogP contribution is -2.10. The van der Waals surface area contributed by atoms with E-state index < -0.39 is 0 Å². The Kier molecular flexibility index (Phi) is 7.35. The third kappa shape index (κ3) is 5.49. The summed E-state index contributed by atoms with van der Waals surface area (Å²) in [7, 11) is 0. The Hall–Kier alpha value is -7.77. The second kappa shape index (κ2) is 13.0. The number of para-hydroxylation sites is 5. The number of aromatic nitrogens is 5. The van der Waals surface area contributed by atoms with Crippen molar-refractivity contribution in [3.8, 4) is 33.8 Å². The zero-order chi connectivity index (χ0) is 37.0. The van der Waals surface area contributed by atoms with E-state index in [1.807, 2.05) is 91.4 Å². The van der Waals surface area contributed by atoms with Gasteiger partial charge >= 0.3 is 0 Å². The van der Waals surface area contributed by atoms with Crippen molar-refractivity contribution in [1.82, 2.24) is 24.9 Å². The molecule has 11 aromatic rings. The lowest BCUT2D eigenvalue weighted by molar-refractivity contribution is 0.668. The Bertz CT molecular complexity index is 3140. The van der Waals surface area contributed by atoms with Crippen molar-refractivity contribution in [1.29, 1.82) is 0 Å². The van der Waals surface area contributed by atoms with Crippen LogP contribution < -0.4 is 4.90 Å². The number of anilines is 3. The molecule has 4 heterocycles. The molecule has 7 heteroatoms. The van der Waals surface area contributed by atoms with Gasteiger partial charge in [0.2, 0.25) is 0 Å². The number of nitrogens with zero attached hydrogens (tertiary/aromatic N) is 6. The summed E-state index contributed by atoms with van der Waals surface area (Å²) in [6.45, 7) is 0. The van der Waals surface area contributed by atoms with Gasteiger partial charge in [-0.15, -0.1) is 0 Å². The van der Waals surface area contributed by atoms with Crippen LogP contribution in [0.15, 0.2) is 187 Å². The third-order valence-corrected chi connectivity index (χ3v) is 10.4. The van der Waals surface area contributed by atoms with Crippen LogP contribution >= 0.6 is 0 Å². The van der Waals surface area contributed by atoms with Crippen molar-refractivity contribution in [3.05, 3.63) is 182 Å². The van der Waals surface area contributed by atoms with Crippen LogP contribution in [0, 0.1) is 0 Å². The molecule has 0 aliphatic heterocycles. The Morgan fingerprint density at radius 1 is 0.411 bits per heavy atom. The first kappa shape index (κ1) is 31.7. The van der Waals surface area contributed by atoms with Crippen LogP contribution in [0.3, 0.4) is 0 Å². The van der Waals surface area contributed by atoms with E-state index in [1.165, 1.54) is 0 Å². The molecule has 0 bridgehead atoms. The summed E-state index contributed by atoms with van der Waals surface area (Å²) >= 11 is 0. The summed E-state index contributed by atoms with van der Waals surface area (Å²) in [5, 5.41) is 4.37. The molecule has 0 radical (unpaired) electrons. The van der Waals surface area contributed by atoms with Crippen molar-refractivity contribution in [2.45, 2.75) is 0 Å². The van der Waals surface area contributed by atoms with Crippen molar-refractivity contribution in [2.75, 3.05) is 4.90 Å². The van der Waals surface area contributed by atoms with E-state index >= 15 is 0 Å². The molecule has 0 aliphatic carbocycles. The van der Waals surface area contributed by atoms with Crippen molar-refractivity contribution < 1.29 is 4.42 Å². The highest BCUT2D eigenvalue weighted by molar-refractivity contribution is 6.09. The molecule has 7 nitrogen and oxygen atoms in total. The Morgan fingerprint density at radius 3 is 1.61 bits per heavy atom. The van der Waals surface area contributed by atoms with Gasteiger partial charge in [0.25, 0.3) is 0 Å². The van der Waals surface area contributed by atoms with Gasteiger partial charge in [0.15, 0.2) is 5.58 Å². The normalized spacial score (nSPS) is 11.6. The lowest BCUT2D eigenvalue weighted by atomic mass is 10.0. The van der Waals surface area contributed by atoms with Gasteiger partial charge in [-0.1, -0.05) is 84.9 Å². The first-order chi connectivity index (χ1) is 27.7. The minimum atomic E-state index is 0.798. The van der Waals surface area contributed by atoms with E-state index in [-0.39, 0.29) is 0 Å². The van der Waals surface area contributed by atoms with Crippen LogP contribution in [-0.2, 0) is 0 Å². The second-order valence-electron chi connectivity index (χ2n) is 13.8. The number of pyridine rings is 1. The van der Waals surface area contributed by atoms with Gasteiger partial charge in [0.05, 0.1) is 45.8 Å². The predicted octanol–water partition coefficient (Wildman–Crippen LogP) is 12.5. The fourth-order valence-corrected chi connectivity index (χ4v) is 7.58. The maximum atomic E-state index is 6.33. The average molecular weight is 719 g/mol. The largest absolute Gasteiger partial charge is 0.454 e. The quantitative estimate of drug-likeness (QED) is 0.169. The smallest absolute Gasteiger partial charge is 0.161 e. The molecule has 0 aliphatic rings. The predicted molar refractivity (Wildman–Crippen MR) is 226 cm³/mol. The van der Waals surface area contributed by atoms with Crippen LogP contribution in [0.5, 0.6) is 0 Å². The van der Waals surface area contributed by atoms with E-state index in [9.17, 15) is 0 Å². The molecular weight excluding hydrogens is 689 g/mol. The first-order valence-electron chi connectivity index (χ1n) is 18.5. The molecule has 0 unspecified atom stereocenters. The molecule has 0 saturated carbocycles. The zero-order valence-corrected chi connectivity index (χ0v) is 29.9. The third-order valence-electron chi connectivity index (χ3n) is 10.4. The number of fused-ring (bicyclic) bond motifs is 6. The summed E-state index contributed by atoms with van der Waals surface area (Å²) < 4.78 is 6.33. The number of furan rings is 1. The molecule has 0 saturated heterocycles. The van der Waals surface area contributed by atoms with Crippen LogP contribution in [-0.4, -0.2) is 24.9 Å². The van der Waals surface area contributed by atoms with Crippen LogP contribution in [0.4, 0.5) is 17.1 Å². The Labute approximate surface area is 321 Å². The van der Waals surface area contributed by atoms with E-state index in [4.69, 9.17) is 19.4 Å². The van der Waals surface area contributed by atoms with Gasteiger partial charge < -0.3 is 9.32 Å². The lowest BCUT2D eigenvalue weighted by Gasteiger charge is -2.26. The molecule has 0 N–H and O–H groups in total. The standard InChI is InChI=1S/C49H30N6O/c1-6-12-47-39(7-1)40-25-26-50-48(49(40)56-47)35-14-13-34-28-38(24-19-33(34)27-35)55(36-20-15-31(16-21-36)45-29-51-41-8-2-4-10-43(41)53-45)37-22-17-32(18-23-37)46-30-52-42-9-3-5-11-44(42)54-46/h1-30H. The van der Waals surface area contributed by atoms with E-state index in [2.05, 4.69) is 106 Å². The molecule has 7 aromatic carbocycles. The van der Waals surface area contributed by atoms with Crippen molar-refractivity contribution >= 4 is 71.8 Å². The number of rotatable bonds is 6. The fourth-order valence-electron chi connectivity index (χ4n) is 7.58. The molecule has 0 spiro atoms. The minimum absolute atomic E-state index is 0.798. The van der Waals surface area contributed by atoms with Crippen LogP contribution in [0.2, 0.25) is 0 Å². The molecule has 0 amide bonds. The Morgan fingerprint density at radius 2 is 0.946 bits per heavy atom. The molecule has 0 fully saturated rings. The number of hydrogen-bond donors (Lipinski definition) is 0. The van der Waals surface area contributed by atoms with Crippen LogP contribution in [0.25, 0.3) is 88.5 Å². The van der Waals surface area contributed by atoms with E-state index in [0.29, 0.717) is 0 Å². The fraction of sp³-hybridized carbons (Fsp3) is 0. The molecule has 0 atom stereocenters. The Balaban J connectivity index is 0.987. The highest BCUT2D eigenvalue weighted by atomic mass is 16.3.